The predicted molar refractivity (Wildman–Crippen MR) is 99.1 cm³/mol. The molecule has 2 aromatic carbocycles. The number of carbonyl (C=O) groups excluding carboxylic acids is 2. The van der Waals surface area contributed by atoms with Crippen LogP contribution in [0.5, 0.6) is 5.75 Å². The Morgan fingerprint density at radius 1 is 1.11 bits per heavy atom. The van der Waals surface area contributed by atoms with E-state index in [1.807, 2.05) is 0 Å². The summed E-state index contributed by atoms with van der Waals surface area (Å²) in [4.78, 5) is 34.3. The fourth-order valence-corrected chi connectivity index (χ4v) is 2.19. The summed E-state index contributed by atoms with van der Waals surface area (Å²) in [6, 6.07) is 13.1. The van der Waals surface area contributed by atoms with Crippen molar-refractivity contribution in [3.8, 4) is 5.75 Å². The first-order valence-electron chi connectivity index (χ1n) is 7.75. The van der Waals surface area contributed by atoms with Gasteiger partial charge in [-0.15, -0.1) is 0 Å². The number of nitrogens with one attached hydrogen (secondary N) is 2. The van der Waals surface area contributed by atoms with Crippen molar-refractivity contribution < 1.29 is 24.2 Å². The number of carbonyl (C=O) groups is 3. The molecule has 9 heteroatoms. The topological polar surface area (TPSA) is 117 Å². The smallest absolute Gasteiger partial charge is 0.341 e. The molecule has 8 nitrogen and oxygen atoms in total. The second-order valence-corrected chi connectivity index (χ2v) is 5.58. The van der Waals surface area contributed by atoms with Crippen molar-refractivity contribution in [1.29, 1.82) is 0 Å². The zero-order chi connectivity index (χ0) is 19.6. The molecule has 27 heavy (non-hydrogen) atoms. The quantitative estimate of drug-likeness (QED) is 0.469. The molecule has 0 bridgehead atoms. The lowest BCUT2D eigenvalue weighted by atomic mass is 10.2. The molecular formula is C18H16ClN3O5. The number of carboxylic acid groups (broad SMARTS) is 1. The Balaban J connectivity index is 1.86. The van der Waals surface area contributed by atoms with Crippen molar-refractivity contribution in [1.82, 2.24) is 10.7 Å². The summed E-state index contributed by atoms with van der Waals surface area (Å²) in [5.74, 6) is -1.82. The van der Waals surface area contributed by atoms with Crippen LogP contribution in [-0.2, 0) is 9.59 Å². The van der Waals surface area contributed by atoms with Gasteiger partial charge < -0.3 is 15.2 Å². The average molecular weight is 390 g/mol. The Bertz CT molecular complexity index is 870. The fraction of sp³-hybridized carbons (Fsp3) is 0.111. The lowest BCUT2D eigenvalue weighted by Crippen LogP contribution is -2.35. The largest absolute Gasteiger partial charge is 0.481 e. The van der Waals surface area contributed by atoms with Gasteiger partial charge in [0.2, 0.25) is 0 Å². The number of carboxylic acids is 1. The number of benzene rings is 2. The van der Waals surface area contributed by atoms with Gasteiger partial charge in [0.15, 0.2) is 6.61 Å². The maximum atomic E-state index is 12.0. The van der Waals surface area contributed by atoms with E-state index in [1.165, 1.54) is 6.21 Å². The Hall–Kier alpha value is -3.39. The molecule has 0 saturated heterocycles. The van der Waals surface area contributed by atoms with Crippen molar-refractivity contribution in [3.63, 3.8) is 0 Å². The second-order valence-electron chi connectivity index (χ2n) is 5.18. The van der Waals surface area contributed by atoms with Crippen LogP contribution in [0.2, 0.25) is 5.02 Å². The summed E-state index contributed by atoms with van der Waals surface area (Å²) in [6.45, 7) is -0.788. The van der Waals surface area contributed by atoms with E-state index in [2.05, 4.69) is 15.8 Å². The van der Waals surface area contributed by atoms with Crippen LogP contribution in [0.1, 0.15) is 15.9 Å². The molecule has 0 radical (unpaired) electrons. The Labute approximate surface area is 159 Å². The first kappa shape index (κ1) is 19.9. The summed E-state index contributed by atoms with van der Waals surface area (Å²) < 4.78 is 5.12. The first-order chi connectivity index (χ1) is 13.0. The van der Waals surface area contributed by atoms with Crippen molar-refractivity contribution >= 4 is 35.6 Å². The number of ether oxygens (including phenoxy) is 1. The number of para-hydroxylation sites is 1. The van der Waals surface area contributed by atoms with Crippen LogP contribution in [0.3, 0.4) is 0 Å². The van der Waals surface area contributed by atoms with Gasteiger partial charge >= 0.3 is 5.97 Å². The number of hydrazone groups is 1. The van der Waals surface area contributed by atoms with Crippen molar-refractivity contribution in [2.45, 2.75) is 0 Å². The van der Waals surface area contributed by atoms with Gasteiger partial charge in [-0.1, -0.05) is 35.9 Å². The molecule has 0 atom stereocenters. The third kappa shape index (κ3) is 6.44. The fourth-order valence-electron chi connectivity index (χ4n) is 1.97. The average Bonchev–Trinajstić information content (AvgIpc) is 2.65. The van der Waals surface area contributed by atoms with Crippen molar-refractivity contribution in [2.75, 3.05) is 13.2 Å². The molecule has 0 aromatic heterocycles. The zero-order valence-corrected chi connectivity index (χ0v) is 14.8. The second kappa shape index (κ2) is 9.93. The van der Waals surface area contributed by atoms with E-state index < -0.39 is 24.4 Å². The number of nitrogens with zero attached hydrogens (tertiary/aromatic N) is 1. The number of hydrogen-bond donors (Lipinski definition) is 3. The van der Waals surface area contributed by atoms with E-state index in [0.29, 0.717) is 11.3 Å². The summed E-state index contributed by atoms with van der Waals surface area (Å²) in [6.07, 6.45) is 1.31. The van der Waals surface area contributed by atoms with Gasteiger partial charge in [0.05, 0.1) is 23.3 Å². The normalized spacial score (nSPS) is 10.4. The van der Waals surface area contributed by atoms with E-state index in [-0.39, 0.29) is 17.1 Å². The lowest BCUT2D eigenvalue weighted by molar-refractivity contribution is -0.139. The minimum Gasteiger partial charge on any atom is -0.481 e. The zero-order valence-electron chi connectivity index (χ0n) is 14.0. The van der Waals surface area contributed by atoms with E-state index in [9.17, 15) is 14.4 Å². The molecule has 140 valence electrons. The molecule has 3 N–H and O–H groups in total. The minimum atomic E-state index is -1.11. The minimum absolute atomic E-state index is 0.264. The molecule has 0 unspecified atom stereocenters. The van der Waals surface area contributed by atoms with Crippen molar-refractivity contribution in [2.24, 2.45) is 5.10 Å². The molecule has 0 aliphatic rings. The predicted octanol–water partition coefficient (Wildman–Crippen LogP) is 1.68. The first-order valence-corrected chi connectivity index (χ1v) is 8.13. The molecular weight excluding hydrogens is 374 g/mol. The van der Waals surface area contributed by atoms with Gasteiger partial charge in [0.25, 0.3) is 11.8 Å². The van der Waals surface area contributed by atoms with Gasteiger partial charge in [0.1, 0.15) is 5.75 Å². The molecule has 0 heterocycles. The van der Waals surface area contributed by atoms with Gasteiger partial charge in [-0.05, 0) is 24.3 Å². The Morgan fingerprint density at radius 3 is 2.56 bits per heavy atom. The van der Waals surface area contributed by atoms with E-state index in [4.69, 9.17) is 21.4 Å². The summed E-state index contributed by atoms with van der Waals surface area (Å²) >= 11 is 5.91. The highest BCUT2D eigenvalue weighted by atomic mass is 35.5. The standard InChI is InChI=1S/C18H16ClN3O5/c19-14-7-3-2-6-13(14)18(26)20-10-16(23)22-21-9-12-5-1-4-8-15(12)27-11-17(24)25/h1-9H,10-11H2,(H,20,26)(H,22,23)(H,24,25)/b21-9-. The summed E-state index contributed by atoms with van der Waals surface area (Å²) in [5, 5.41) is 15.1. The Morgan fingerprint density at radius 2 is 1.81 bits per heavy atom. The van der Waals surface area contributed by atoms with E-state index in [0.717, 1.165) is 0 Å². The van der Waals surface area contributed by atoms with Crippen LogP contribution < -0.4 is 15.5 Å². The number of rotatable bonds is 8. The van der Waals surface area contributed by atoms with Crippen molar-refractivity contribution in [3.05, 3.63) is 64.7 Å². The highest BCUT2D eigenvalue weighted by molar-refractivity contribution is 6.33. The van der Waals surface area contributed by atoms with Crippen LogP contribution in [0, 0.1) is 0 Å². The molecule has 2 amide bonds. The van der Waals surface area contributed by atoms with Crippen LogP contribution in [0.4, 0.5) is 0 Å². The van der Waals surface area contributed by atoms with Gasteiger partial charge in [-0.3, -0.25) is 9.59 Å². The molecule has 2 rings (SSSR count). The van der Waals surface area contributed by atoms with E-state index in [1.54, 1.807) is 48.5 Å². The maximum absolute atomic E-state index is 12.0. The van der Waals surface area contributed by atoms with Gasteiger partial charge in [-0.2, -0.15) is 5.10 Å². The lowest BCUT2D eigenvalue weighted by Gasteiger charge is -2.07. The third-order valence-corrected chi connectivity index (χ3v) is 3.52. The number of hydrogen-bond acceptors (Lipinski definition) is 5. The van der Waals surface area contributed by atoms with Crippen LogP contribution in [0.25, 0.3) is 0 Å². The van der Waals surface area contributed by atoms with Crippen LogP contribution >= 0.6 is 11.6 Å². The highest BCUT2D eigenvalue weighted by Crippen LogP contribution is 2.15. The summed E-state index contributed by atoms with van der Waals surface area (Å²) in [7, 11) is 0. The van der Waals surface area contributed by atoms with E-state index >= 15 is 0 Å². The molecule has 0 fully saturated rings. The maximum Gasteiger partial charge on any atom is 0.341 e. The monoisotopic (exact) mass is 389 g/mol. The van der Waals surface area contributed by atoms with Crippen LogP contribution in [-0.4, -0.2) is 42.3 Å². The third-order valence-electron chi connectivity index (χ3n) is 3.19. The molecule has 0 aliphatic heterocycles. The van der Waals surface area contributed by atoms with Crippen LogP contribution in [0.15, 0.2) is 53.6 Å². The van der Waals surface area contributed by atoms with Gasteiger partial charge in [0, 0.05) is 5.56 Å². The molecule has 2 aromatic rings. The number of halogens is 1. The number of aliphatic carboxylic acids is 1. The molecule has 0 spiro atoms. The molecule has 0 saturated carbocycles. The SMILES string of the molecule is O=C(O)COc1ccccc1/C=N\NC(=O)CNC(=O)c1ccccc1Cl. The summed E-state index contributed by atoms with van der Waals surface area (Å²) in [5.41, 5.74) is 3.00. The number of amides is 2. The molecule has 0 aliphatic carbocycles. The highest BCUT2D eigenvalue weighted by Gasteiger charge is 2.10. The Kier molecular flexibility index (Phi) is 7.33. The van der Waals surface area contributed by atoms with Gasteiger partial charge in [-0.25, -0.2) is 10.2 Å².